The lowest BCUT2D eigenvalue weighted by molar-refractivity contribution is 0.340. The second-order valence-corrected chi connectivity index (χ2v) is 10.3. The van der Waals surface area contributed by atoms with E-state index >= 15 is 0 Å². The van der Waals surface area contributed by atoms with E-state index in [9.17, 15) is 4.79 Å². The van der Waals surface area contributed by atoms with Crippen molar-refractivity contribution in [3.8, 4) is 39.8 Å². The molecule has 0 spiro atoms. The molecule has 0 saturated carbocycles. The van der Waals surface area contributed by atoms with Crippen molar-refractivity contribution in [3.05, 3.63) is 118 Å². The van der Waals surface area contributed by atoms with E-state index < -0.39 is 0 Å². The van der Waals surface area contributed by atoms with Gasteiger partial charge >= 0.3 is 0 Å². The van der Waals surface area contributed by atoms with Gasteiger partial charge in [0.05, 0.1) is 16.8 Å². The van der Waals surface area contributed by atoms with Gasteiger partial charge in [0.15, 0.2) is 5.82 Å². The van der Waals surface area contributed by atoms with Gasteiger partial charge < -0.3 is 9.47 Å². The average Bonchev–Trinajstić information content (AvgIpc) is 3.68. The van der Waals surface area contributed by atoms with Crippen LogP contribution in [0.4, 0.5) is 0 Å². The lowest BCUT2D eigenvalue weighted by Crippen LogP contribution is -2.23. The van der Waals surface area contributed by atoms with Gasteiger partial charge in [0.2, 0.25) is 4.96 Å². The van der Waals surface area contributed by atoms with Gasteiger partial charge in [-0.05, 0) is 80.1 Å². The molecule has 0 saturated heterocycles. The predicted molar refractivity (Wildman–Crippen MR) is 162 cm³/mol. The van der Waals surface area contributed by atoms with Crippen LogP contribution in [0.3, 0.4) is 0 Å². The number of rotatable bonds is 9. The number of fused-ring (bicyclic) bond motifs is 1. The molecule has 3 aromatic carbocycles. The minimum absolute atomic E-state index is 0.224. The van der Waals surface area contributed by atoms with E-state index in [1.807, 2.05) is 104 Å². The van der Waals surface area contributed by atoms with Gasteiger partial charge in [-0.1, -0.05) is 42.2 Å². The maximum Gasteiger partial charge on any atom is 0.291 e. The number of hydrogen-bond acceptors (Lipinski definition) is 7. The van der Waals surface area contributed by atoms with E-state index in [4.69, 9.17) is 14.6 Å². The molecule has 3 heterocycles. The molecular formula is C32H27N5O3S. The summed E-state index contributed by atoms with van der Waals surface area (Å²) in [5, 5.41) is 9.43. The molecule has 9 heteroatoms. The van der Waals surface area contributed by atoms with Crippen LogP contribution in [0.15, 0.2) is 96.4 Å². The molecule has 8 nitrogen and oxygen atoms in total. The minimum Gasteiger partial charge on any atom is -0.494 e. The first kappa shape index (κ1) is 26.2. The minimum atomic E-state index is -0.224. The van der Waals surface area contributed by atoms with Gasteiger partial charge in [-0.25, -0.2) is 4.68 Å². The Kier molecular flexibility index (Phi) is 7.18. The molecule has 0 amide bonds. The summed E-state index contributed by atoms with van der Waals surface area (Å²) < 4.78 is 14.9. The second-order valence-electron chi connectivity index (χ2n) is 9.29. The van der Waals surface area contributed by atoms with Crippen LogP contribution in [0.25, 0.3) is 39.4 Å². The number of ether oxygens (including phenoxy) is 2. The highest BCUT2D eigenvalue weighted by atomic mass is 32.1. The maximum atomic E-state index is 13.4. The normalized spacial score (nSPS) is 11.7. The third-order valence-corrected chi connectivity index (χ3v) is 7.44. The van der Waals surface area contributed by atoms with Crippen molar-refractivity contribution in [2.24, 2.45) is 0 Å². The largest absolute Gasteiger partial charge is 0.494 e. The molecule has 0 radical (unpaired) electrons. The zero-order valence-electron chi connectivity index (χ0n) is 22.7. The third kappa shape index (κ3) is 5.27. The highest BCUT2D eigenvalue weighted by molar-refractivity contribution is 7.15. The number of aryl methyl sites for hydroxylation is 1. The topological polar surface area (TPSA) is 83.5 Å². The van der Waals surface area contributed by atoms with Crippen molar-refractivity contribution in [2.75, 3.05) is 13.2 Å². The first-order chi connectivity index (χ1) is 20.0. The Bertz CT molecular complexity index is 1960. The number of hydrogen-bond donors (Lipinski definition) is 0. The fraction of sp³-hybridized carbons (Fsp3) is 0.125. The Balaban J connectivity index is 1.42. The summed E-state index contributed by atoms with van der Waals surface area (Å²) in [5.74, 6) is 2.03. The summed E-state index contributed by atoms with van der Waals surface area (Å²) >= 11 is 1.30. The lowest BCUT2D eigenvalue weighted by atomic mass is 10.0. The molecule has 0 bridgehead atoms. The quantitative estimate of drug-likeness (QED) is 0.217. The van der Waals surface area contributed by atoms with Crippen LogP contribution in [-0.2, 0) is 0 Å². The van der Waals surface area contributed by atoms with Crippen molar-refractivity contribution >= 4 is 22.4 Å². The molecule has 0 aliphatic carbocycles. The highest BCUT2D eigenvalue weighted by Crippen LogP contribution is 2.30. The molecule has 0 aliphatic rings. The fourth-order valence-corrected chi connectivity index (χ4v) is 5.42. The molecule has 0 N–H and O–H groups in total. The maximum absolute atomic E-state index is 13.4. The van der Waals surface area contributed by atoms with E-state index in [1.54, 1.807) is 6.08 Å². The number of aromatic nitrogens is 5. The summed E-state index contributed by atoms with van der Waals surface area (Å²) in [6.07, 6.45) is 5.52. The summed E-state index contributed by atoms with van der Waals surface area (Å²) in [5.41, 5.74) is 5.03. The van der Waals surface area contributed by atoms with E-state index in [0.717, 1.165) is 45.1 Å². The first-order valence-electron chi connectivity index (χ1n) is 13.2. The van der Waals surface area contributed by atoms with Crippen LogP contribution in [0, 0.1) is 6.92 Å². The molecular weight excluding hydrogens is 534 g/mol. The molecule has 0 aliphatic heterocycles. The zero-order chi connectivity index (χ0) is 28.3. The summed E-state index contributed by atoms with van der Waals surface area (Å²) in [7, 11) is 0. The monoisotopic (exact) mass is 561 g/mol. The number of para-hydroxylation sites is 1. The van der Waals surface area contributed by atoms with Crippen molar-refractivity contribution < 1.29 is 9.47 Å². The first-order valence-corrected chi connectivity index (χ1v) is 14.0. The van der Waals surface area contributed by atoms with E-state index in [2.05, 4.69) is 16.7 Å². The summed E-state index contributed by atoms with van der Waals surface area (Å²) in [4.78, 5) is 18.6. The van der Waals surface area contributed by atoms with Crippen LogP contribution < -0.4 is 19.6 Å². The number of thiazole rings is 1. The Morgan fingerprint density at radius 3 is 2.46 bits per heavy atom. The lowest BCUT2D eigenvalue weighted by Gasteiger charge is -2.08. The molecule has 41 heavy (non-hydrogen) atoms. The molecule has 6 rings (SSSR count). The van der Waals surface area contributed by atoms with Gasteiger partial charge in [0, 0.05) is 22.9 Å². The average molecular weight is 562 g/mol. The molecule has 6 aromatic rings. The van der Waals surface area contributed by atoms with Crippen LogP contribution >= 0.6 is 11.3 Å². The van der Waals surface area contributed by atoms with Crippen molar-refractivity contribution in [1.82, 2.24) is 24.4 Å². The fourth-order valence-electron chi connectivity index (χ4n) is 4.53. The van der Waals surface area contributed by atoms with Crippen LogP contribution in [-0.4, -0.2) is 37.6 Å². The molecule has 3 aromatic heterocycles. The second kappa shape index (κ2) is 11.2. The summed E-state index contributed by atoms with van der Waals surface area (Å²) in [6, 6.07) is 23.3. The zero-order valence-corrected chi connectivity index (χ0v) is 23.5. The van der Waals surface area contributed by atoms with Gasteiger partial charge in [-0.15, -0.1) is 5.10 Å². The summed E-state index contributed by atoms with van der Waals surface area (Å²) in [6.45, 7) is 8.70. The van der Waals surface area contributed by atoms with Gasteiger partial charge in [-0.2, -0.15) is 14.6 Å². The molecule has 0 fully saturated rings. The van der Waals surface area contributed by atoms with Crippen LogP contribution in [0.2, 0.25) is 0 Å². The van der Waals surface area contributed by atoms with Gasteiger partial charge in [0.1, 0.15) is 23.8 Å². The van der Waals surface area contributed by atoms with Crippen LogP contribution in [0.5, 0.6) is 11.5 Å². The van der Waals surface area contributed by atoms with Crippen molar-refractivity contribution in [2.45, 2.75) is 13.8 Å². The third-order valence-electron chi connectivity index (χ3n) is 6.48. The van der Waals surface area contributed by atoms with Crippen molar-refractivity contribution in [1.29, 1.82) is 0 Å². The Morgan fingerprint density at radius 2 is 1.76 bits per heavy atom. The Morgan fingerprint density at radius 1 is 0.976 bits per heavy atom. The molecule has 204 valence electrons. The van der Waals surface area contributed by atoms with E-state index in [1.165, 1.54) is 15.9 Å². The highest BCUT2D eigenvalue weighted by Gasteiger charge is 2.16. The Hall–Kier alpha value is -5.02. The van der Waals surface area contributed by atoms with Crippen LogP contribution in [0.1, 0.15) is 18.1 Å². The number of benzene rings is 3. The van der Waals surface area contributed by atoms with Crippen molar-refractivity contribution in [3.63, 3.8) is 0 Å². The molecule has 0 unspecified atom stereocenters. The predicted octanol–water partition coefficient (Wildman–Crippen LogP) is 5.49. The SMILES string of the molecule is C=CCOc1ccc(-c2nn(-c3ccccc3)cc2C=c2sc3nc(-c4ccc(OCC)cc4)nn3c2=O)c(C)c1. The standard InChI is InChI=1S/C32H27N5O3S/c1-4-17-40-26-15-16-27(21(3)18-26)29-23(20-36(34-29)24-9-7-6-8-10-24)19-28-31(38)37-32(41-28)33-30(35-37)22-11-13-25(14-12-22)39-5-2/h4,6-16,18-20H,1,5,17H2,2-3H3. The van der Waals surface area contributed by atoms with Gasteiger partial charge in [0.25, 0.3) is 5.56 Å². The van der Waals surface area contributed by atoms with Gasteiger partial charge in [-0.3, -0.25) is 4.79 Å². The van der Waals surface area contributed by atoms with E-state index in [0.29, 0.717) is 28.5 Å². The Labute approximate surface area is 240 Å². The smallest absolute Gasteiger partial charge is 0.291 e. The molecule has 0 atom stereocenters. The van der Waals surface area contributed by atoms with E-state index in [-0.39, 0.29) is 5.56 Å². The number of nitrogens with zero attached hydrogens (tertiary/aromatic N) is 5.